The topological polar surface area (TPSA) is 104 Å². The highest BCUT2D eigenvalue weighted by molar-refractivity contribution is 6.02. The maximum atomic E-state index is 14.0. The van der Waals surface area contributed by atoms with Crippen molar-refractivity contribution in [2.45, 2.75) is 24.9 Å². The molecule has 2 unspecified atom stereocenters. The number of aromatic nitrogens is 2. The zero-order valence-corrected chi connectivity index (χ0v) is 24.5. The number of carbonyl (C=O) groups is 1. The summed E-state index contributed by atoms with van der Waals surface area (Å²) in [5.74, 6) is -0.250. The van der Waals surface area contributed by atoms with Crippen molar-refractivity contribution >= 4 is 34.6 Å². The Morgan fingerprint density at radius 2 is 1.82 bits per heavy atom. The van der Waals surface area contributed by atoms with E-state index in [2.05, 4.69) is 37.0 Å². The van der Waals surface area contributed by atoms with Crippen LogP contribution in [0.15, 0.2) is 55.4 Å². The van der Waals surface area contributed by atoms with Crippen LogP contribution in [0.3, 0.4) is 0 Å². The van der Waals surface area contributed by atoms with E-state index in [4.69, 9.17) is 14.3 Å². The van der Waals surface area contributed by atoms with Crippen molar-refractivity contribution in [3.63, 3.8) is 0 Å². The van der Waals surface area contributed by atoms with Crippen molar-refractivity contribution in [1.82, 2.24) is 14.9 Å². The molecule has 2 atom stereocenters. The van der Waals surface area contributed by atoms with Gasteiger partial charge in [-0.1, -0.05) is 6.58 Å². The van der Waals surface area contributed by atoms with Gasteiger partial charge in [0, 0.05) is 56.8 Å². The van der Waals surface area contributed by atoms with Crippen LogP contribution in [-0.4, -0.2) is 79.9 Å². The normalized spacial score (nSPS) is 20.5. The molecule has 11 nitrogen and oxygen atoms in total. The van der Waals surface area contributed by atoms with Crippen LogP contribution >= 0.6 is 0 Å². The fourth-order valence-electron chi connectivity index (χ4n) is 6.02. The molecule has 3 aromatic rings. The van der Waals surface area contributed by atoms with Gasteiger partial charge in [-0.25, -0.2) is 23.8 Å². The fourth-order valence-corrected chi connectivity index (χ4v) is 6.02. The van der Waals surface area contributed by atoms with E-state index in [-0.39, 0.29) is 5.91 Å². The highest BCUT2D eigenvalue weighted by atomic mass is 19.1. The highest BCUT2D eigenvalue weighted by Crippen LogP contribution is 2.41. The number of amides is 1. The molecule has 0 radical (unpaired) electrons. The monoisotopic (exact) mass is 607 g/mol. The van der Waals surface area contributed by atoms with E-state index in [0.717, 1.165) is 57.6 Å². The first-order valence-corrected chi connectivity index (χ1v) is 14.6. The summed E-state index contributed by atoms with van der Waals surface area (Å²) in [6.07, 6.45) is 4.14. The number of benzene rings is 2. The third-order valence-corrected chi connectivity index (χ3v) is 8.14. The van der Waals surface area contributed by atoms with Crippen molar-refractivity contribution in [2.75, 3.05) is 73.7 Å². The van der Waals surface area contributed by atoms with Gasteiger partial charge in [0.05, 0.1) is 50.0 Å². The van der Waals surface area contributed by atoms with Crippen LogP contribution in [0.4, 0.5) is 37.5 Å². The van der Waals surface area contributed by atoms with Crippen molar-refractivity contribution in [3.05, 3.63) is 72.6 Å². The number of anilines is 5. The molecule has 0 spiro atoms. The van der Waals surface area contributed by atoms with Crippen molar-refractivity contribution in [3.8, 4) is 5.75 Å². The Balaban J connectivity index is 1.26. The molecule has 1 aromatic heterocycles. The summed E-state index contributed by atoms with van der Waals surface area (Å²) in [6, 6.07) is 8.79. The van der Waals surface area contributed by atoms with Gasteiger partial charge in [-0.15, -0.1) is 0 Å². The second-order valence-electron chi connectivity index (χ2n) is 10.9. The quantitative estimate of drug-likeness (QED) is 0.340. The summed E-state index contributed by atoms with van der Waals surface area (Å²) in [4.78, 5) is 31.7. The molecule has 3 saturated heterocycles. The molecular formula is C31H35F2N7O4. The van der Waals surface area contributed by atoms with Crippen molar-refractivity contribution < 1.29 is 27.9 Å². The predicted octanol–water partition coefficient (Wildman–Crippen LogP) is 4.43. The van der Waals surface area contributed by atoms with Crippen LogP contribution in [0.5, 0.6) is 5.75 Å². The smallest absolute Gasteiger partial charge is 0.247 e. The van der Waals surface area contributed by atoms with E-state index in [1.54, 1.807) is 13.2 Å². The molecule has 4 heterocycles. The lowest BCUT2D eigenvalue weighted by Gasteiger charge is -2.32. The van der Waals surface area contributed by atoms with Crippen LogP contribution in [0.25, 0.3) is 0 Å². The maximum Gasteiger partial charge on any atom is 0.247 e. The van der Waals surface area contributed by atoms with E-state index >= 15 is 0 Å². The van der Waals surface area contributed by atoms with Gasteiger partial charge in [0.2, 0.25) is 5.91 Å². The predicted molar refractivity (Wildman–Crippen MR) is 162 cm³/mol. The number of morpholine rings is 1. The molecule has 0 bridgehead atoms. The van der Waals surface area contributed by atoms with E-state index in [0.29, 0.717) is 53.4 Å². The second kappa shape index (κ2) is 13.1. The minimum atomic E-state index is -0.655. The van der Waals surface area contributed by atoms with Crippen molar-refractivity contribution in [1.29, 1.82) is 0 Å². The average molecular weight is 608 g/mol. The largest absolute Gasteiger partial charge is 0.494 e. The van der Waals surface area contributed by atoms with Gasteiger partial charge in [-0.3, -0.25) is 14.5 Å². The lowest BCUT2D eigenvalue weighted by atomic mass is 10.0. The van der Waals surface area contributed by atoms with Gasteiger partial charge < -0.3 is 25.0 Å². The first kappa shape index (κ1) is 29.7. The molecule has 1 amide bonds. The molecule has 0 aliphatic carbocycles. The molecule has 0 saturated carbocycles. The minimum absolute atomic E-state index is 0.332. The number of hydroxylamine groups is 1. The molecular weight excluding hydrogens is 572 g/mol. The van der Waals surface area contributed by atoms with E-state index < -0.39 is 17.7 Å². The van der Waals surface area contributed by atoms with E-state index in [1.807, 2.05) is 12.1 Å². The number of halogens is 2. The molecule has 3 fully saturated rings. The molecule has 2 aromatic carbocycles. The summed E-state index contributed by atoms with van der Waals surface area (Å²) < 4.78 is 39.2. The maximum absolute atomic E-state index is 14.0. The Hall–Kier alpha value is -4.33. The number of methoxy groups -OCH3 is 1. The average Bonchev–Trinajstić information content (AvgIpc) is 3.72. The van der Waals surface area contributed by atoms with Gasteiger partial charge in [0.1, 0.15) is 29.5 Å². The summed E-state index contributed by atoms with van der Waals surface area (Å²) in [6.45, 7) is 8.91. The van der Waals surface area contributed by atoms with Crippen LogP contribution in [-0.2, 0) is 14.4 Å². The number of carbonyl (C=O) groups excluding carboxylic acids is 1. The van der Waals surface area contributed by atoms with Gasteiger partial charge in [-0.05, 0) is 36.3 Å². The zero-order chi connectivity index (χ0) is 30.6. The Bertz CT molecular complexity index is 1500. The summed E-state index contributed by atoms with van der Waals surface area (Å²) in [5, 5.41) is 7.76. The molecule has 6 rings (SSSR count). The number of rotatable bonds is 9. The first-order chi connectivity index (χ1) is 21.4. The molecule has 2 N–H and O–H groups in total. The van der Waals surface area contributed by atoms with E-state index in [1.165, 1.54) is 29.6 Å². The molecule has 3 aliphatic heterocycles. The lowest BCUT2D eigenvalue weighted by molar-refractivity contribution is -0.111. The lowest BCUT2D eigenvalue weighted by Crippen LogP contribution is -2.44. The van der Waals surface area contributed by atoms with Crippen LogP contribution in [0, 0.1) is 11.6 Å². The second-order valence-corrected chi connectivity index (χ2v) is 10.9. The van der Waals surface area contributed by atoms with Crippen LogP contribution in [0.1, 0.15) is 24.4 Å². The van der Waals surface area contributed by atoms with Crippen molar-refractivity contribution in [2.24, 2.45) is 0 Å². The fraction of sp³-hybridized carbons (Fsp3) is 0.387. The number of hydrogen-bond acceptors (Lipinski definition) is 10. The van der Waals surface area contributed by atoms with Gasteiger partial charge >= 0.3 is 0 Å². The SMILES string of the molecule is C=CC(=O)Nc1cc(Nc2cc(N3OCCC3c3cc(F)cc(F)c3)ncn2)c(OC)cc1N1CCC(N2CCOCC2)C1. The Morgan fingerprint density at radius 1 is 1.02 bits per heavy atom. The summed E-state index contributed by atoms with van der Waals surface area (Å²) >= 11 is 0. The van der Waals surface area contributed by atoms with Gasteiger partial charge in [-0.2, -0.15) is 0 Å². The number of ether oxygens (including phenoxy) is 2. The molecule has 44 heavy (non-hydrogen) atoms. The summed E-state index contributed by atoms with van der Waals surface area (Å²) in [7, 11) is 1.58. The Kier molecular flexibility index (Phi) is 8.87. The molecule has 232 valence electrons. The first-order valence-electron chi connectivity index (χ1n) is 14.6. The van der Waals surface area contributed by atoms with Crippen LogP contribution in [0.2, 0.25) is 0 Å². The number of hydrogen-bond donors (Lipinski definition) is 2. The highest BCUT2D eigenvalue weighted by Gasteiger charge is 2.32. The zero-order valence-electron chi connectivity index (χ0n) is 24.5. The standard InChI is InChI=1S/C31H35F2N7O4/c1-3-31(41)37-24-15-25(28(42-2)16-27(24)39-6-4-23(18-39)38-7-10-43-11-8-38)36-29-17-30(35-19-34-29)40-26(5-9-44-40)20-12-21(32)14-22(33)13-20/h3,12-17,19,23,26H,1,4-11,18H2,2H3,(H,37,41)(H,34,35,36). The van der Waals surface area contributed by atoms with E-state index in [9.17, 15) is 13.6 Å². The molecule has 3 aliphatic rings. The third kappa shape index (κ3) is 6.44. The van der Waals surface area contributed by atoms with Gasteiger partial charge in [0.25, 0.3) is 0 Å². The molecule has 13 heteroatoms. The van der Waals surface area contributed by atoms with Gasteiger partial charge in [0.15, 0.2) is 5.82 Å². The Morgan fingerprint density at radius 3 is 2.57 bits per heavy atom. The summed E-state index contributed by atoms with van der Waals surface area (Å²) in [5.41, 5.74) is 2.46. The number of nitrogens with one attached hydrogen (secondary N) is 2. The minimum Gasteiger partial charge on any atom is -0.494 e. The Labute approximate surface area is 254 Å². The number of nitrogens with zero attached hydrogens (tertiary/aromatic N) is 5. The van der Waals surface area contributed by atoms with Crippen LogP contribution < -0.4 is 25.3 Å². The third-order valence-electron chi connectivity index (χ3n) is 8.14.